The zero-order valence-corrected chi connectivity index (χ0v) is 14.8. The third-order valence-corrected chi connectivity index (χ3v) is 4.43. The Balaban J connectivity index is 1.52. The molecule has 2 unspecified atom stereocenters. The number of ether oxygens (including phenoxy) is 1. The van der Waals surface area contributed by atoms with Gasteiger partial charge in [0.05, 0.1) is 5.69 Å². The summed E-state index contributed by atoms with van der Waals surface area (Å²) in [5.74, 6) is 2.22. The zero-order valence-electron chi connectivity index (χ0n) is 14.8. The van der Waals surface area contributed by atoms with Gasteiger partial charge in [-0.3, -0.25) is 0 Å². The number of aromatic nitrogens is 1. The Morgan fingerprint density at radius 3 is 2.88 bits per heavy atom. The van der Waals surface area contributed by atoms with Gasteiger partial charge in [-0.25, -0.2) is 0 Å². The van der Waals surface area contributed by atoms with Crippen molar-refractivity contribution in [2.75, 3.05) is 13.2 Å². The Morgan fingerprint density at radius 1 is 1.36 bits per heavy atom. The first kappa shape index (κ1) is 17.7. The Hall–Kier alpha value is -2.11. The van der Waals surface area contributed by atoms with Crippen LogP contribution in [0.5, 0.6) is 5.75 Å². The number of aliphatic hydroxyl groups is 1. The van der Waals surface area contributed by atoms with Gasteiger partial charge in [-0.2, -0.15) is 0 Å². The monoisotopic (exact) mass is 342 g/mol. The molecule has 1 aromatic carbocycles. The maximum atomic E-state index is 10.1. The summed E-state index contributed by atoms with van der Waals surface area (Å²) in [5.41, 5.74) is 1.78. The topological polar surface area (TPSA) is 67.5 Å². The Kier molecular flexibility index (Phi) is 5.89. The molecule has 0 saturated heterocycles. The minimum Gasteiger partial charge on any atom is -0.490 e. The number of aliphatic hydroxyl groups excluding tert-OH is 1. The predicted molar refractivity (Wildman–Crippen MR) is 98.3 cm³/mol. The lowest BCUT2D eigenvalue weighted by atomic mass is 10.1. The van der Waals surface area contributed by atoms with Gasteiger partial charge in [0.1, 0.15) is 18.5 Å². The molecule has 1 heterocycles. The molecule has 2 N–H and O–H groups in total. The number of rotatable bonds is 9. The second kappa shape index (κ2) is 8.32. The Bertz CT molecular complexity index is 706. The van der Waals surface area contributed by atoms with Crippen LogP contribution in [0.1, 0.15) is 36.8 Å². The molecule has 134 valence electrons. The van der Waals surface area contributed by atoms with Crippen LogP contribution in [0.15, 0.2) is 34.9 Å². The molecule has 1 aliphatic carbocycles. The van der Waals surface area contributed by atoms with Crippen molar-refractivity contribution in [3.8, 4) is 5.75 Å². The van der Waals surface area contributed by atoms with Gasteiger partial charge < -0.3 is 19.7 Å². The highest BCUT2D eigenvalue weighted by atomic mass is 16.5. The summed E-state index contributed by atoms with van der Waals surface area (Å²) < 4.78 is 11.0. The van der Waals surface area contributed by atoms with E-state index < -0.39 is 6.10 Å². The van der Waals surface area contributed by atoms with Crippen LogP contribution in [0.4, 0.5) is 0 Å². The van der Waals surface area contributed by atoms with E-state index in [4.69, 9.17) is 9.26 Å². The van der Waals surface area contributed by atoms with E-state index >= 15 is 0 Å². The van der Waals surface area contributed by atoms with E-state index in [0.717, 1.165) is 22.9 Å². The summed E-state index contributed by atoms with van der Waals surface area (Å²) in [6.07, 6.45) is 5.85. The van der Waals surface area contributed by atoms with E-state index in [1.165, 1.54) is 12.8 Å². The maximum absolute atomic E-state index is 10.1. The normalized spacial score (nSPS) is 16.9. The molecule has 5 heteroatoms. The van der Waals surface area contributed by atoms with Crippen LogP contribution in [0.2, 0.25) is 0 Å². The van der Waals surface area contributed by atoms with Gasteiger partial charge in [-0.1, -0.05) is 23.4 Å². The number of hydrogen-bond acceptors (Lipinski definition) is 5. The molecule has 1 saturated carbocycles. The summed E-state index contributed by atoms with van der Waals surface area (Å²) >= 11 is 0. The molecule has 3 rings (SSSR count). The molecule has 2 aromatic rings. The first-order valence-electron chi connectivity index (χ1n) is 8.86. The molecule has 1 aliphatic rings. The van der Waals surface area contributed by atoms with Gasteiger partial charge >= 0.3 is 0 Å². The molecule has 0 amide bonds. The van der Waals surface area contributed by atoms with Crippen molar-refractivity contribution in [3.05, 3.63) is 47.3 Å². The second-order valence-electron chi connectivity index (χ2n) is 6.74. The van der Waals surface area contributed by atoms with Crippen LogP contribution in [0, 0.1) is 12.8 Å². The summed E-state index contributed by atoms with van der Waals surface area (Å²) in [4.78, 5) is 0. The molecule has 0 aliphatic heterocycles. The van der Waals surface area contributed by atoms with Crippen molar-refractivity contribution in [2.45, 2.75) is 38.8 Å². The van der Waals surface area contributed by atoms with E-state index in [1.807, 2.05) is 49.4 Å². The Morgan fingerprint density at radius 2 is 2.16 bits per heavy atom. The third-order valence-electron chi connectivity index (χ3n) is 4.43. The lowest BCUT2D eigenvalue weighted by Crippen LogP contribution is -2.37. The minimum absolute atomic E-state index is 0.261. The molecule has 2 atom stereocenters. The Labute approximate surface area is 148 Å². The fourth-order valence-corrected chi connectivity index (χ4v) is 2.71. The molecule has 1 fully saturated rings. The van der Waals surface area contributed by atoms with Crippen LogP contribution < -0.4 is 10.1 Å². The highest BCUT2D eigenvalue weighted by Crippen LogP contribution is 2.32. The van der Waals surface area contributed by atoms with Gasteiger partial charge in [0, 0.05) is 24.2 Å². The SMILES string of the molecule is Cc1cc(/C=C/c2ccccc2OCC(O)CNC(C)C2CC2)on1. The molecule has 1 aromatic heterocycles. The van der Waals surface area contributed by atoms with E-state index in [9.17, 15) is 5.11 Å². The highest BCUT2D eigenvalue weighted by Gasteiger charge is 2.27. The predicted octanol–water partition coefficient (Wildman–Crippen LogP) is 3.28. The summed E-state index contributed by atoms with van der Waals surface area (Å²) in [7, 11) is 0. The largest absolute Gasteiger partial charge is 0.490 e. The van der Waals surface area contributed by atoms with E-state index in [-0.39, 0.29) is 6.61 Å². The lowest BCUT2D eigenvalue weighted by molar-refractivity contribution is 0.103. The van der Waals surface area contributed by atoms with Crippen molar-refractivity contribution in [1.29, 1.82) is 0 Å². The summed E-state index contributed by atoms with van der Waals surface area (Å²) in [6.45, 7) is 4.87. The van der Waals surface area contributed by atoms with Crippen molar-refractivity contribution in [1.82, 2.24) is 10.5 Å². The molecule has 0 radical (unpaired) electrons. The van der Waals surface area contributed by atoms with E-state index in [2.05, 4.69) is 17.4 Å². The molecule has 0 spiro atoms. The van der Waals surface area contributed by atoms with Crippen molar-refractivity contribution in [3.63, 3.8) is 0 Å². The molecular formula is C20H26N2O3. The number of nitrogens with one attached hydrogen (secondary N) is 1. The summed E-state index contributed by atoms with van der Waals surface area (Å²) in [6, 6.07) is 10.1. The minimum atomic E-state index is -0.532. The number of para-hydroxylation sites is 1. The van der Waals surface area contributed by atoms with Crippen LogP contribution in [0.3, 0.4) is 0 Å². The third kappa shape index (κ3) is 5.44. The first-order chi connectivity index (χ1) is 12.1. The lowest BCUT2D eigenvalue weighted by Gasteiger charge is -2.17. The van der Waals surface area contributed by atoms with Gasteiger partial charge in [-0.15, -0.1) is 0 Å². The molecular weight excluding hydrogens is 316 g/mol. The smallest absolute Gasteiger partial charge is 0.159 e. The quantitative estimate of drug-likeness (QED) is 0.732. The number of hydrogen-bond donors (Lipinski definition) is 2. The van der Waals surface area contributed by atoms with Crippen molar-refractivity contribution >= 4 is 12.2 Å². The fraction of sp³-hybridized carbons (Fsp3) is 0.450. The van der Waals surface area contributed by atoms with Gasteiger partial charge in [0.15, 0.2) is 5.76 Å². The first-order valence-corrected chi connectivity index (χ1v) is 8.86. The average molecular weight is 342 g/mol. The summed E-state index contributed by atoms with van der Waals surface area (Å²) in [5, 5.41) is 17.4. The second-order valence-corrected chi connectivity index (χ2v) is 6.74. The maximum Gasteiger partial charge on any atom is 0.159 e. The van der Waals surface area contributed by atoms with Crippen LogP contribution in [0.25, 0.3) is 12.2 Å². The van der Waals surface area contributed by atoms with Gasteiger partial charge in [0.25, 0.3) is 0 Å². The number of nitrogens with zero attached hydrogens (tertiary/aromatic N) is 1. The molecule has 5 nitrogen and oxygen atoms in total. The van der Waals surface area contributed by atoms with Crippen molar-refractivity contribution < 1.29 is 14.4 Å². The zero-order chi connectivity index (χ0) is 17.6. The standard InChI is InChI=1S/C20H26N2O3/c1-14-11-19(25-22-14)10-9-17-5-3-4-6-20(17)24-13-18(23)12-21-15(2)16-7-8-16/h3-6,9-11,15-16,18,21,23H,7-8,12-13H2,1-2H3/b10-9+. The van der Waals surface area contributed by atoms with Crippen molar-refractivity contribution in [2.24, 2.45) is 5.92 Å². The van der Waals surface area contributed by atoms with Gasteiger partial charge in [0.2, 0.25) is 0 Å². The number of aryl methyl sites for hydroxylation is 1. The van der Waals surface area contributed by atoms with Crippen LogP contribution in [-0.2, 0) is 0 Å². The van der Waals surface area contributed by atoms with E-state index in [1.54, 1.807) is 0 Å². The number of benzene rings is 1. The van der Waals surface area contributed by atoms with Crippen LogP contribution in [-0.4, -0.2) is 35.6 Å². The van der Waals surface area contributed by atoms with E-state index in [0.29, 0.717) is 18.3 Å². The fourth-order valence-electron chi connectivity index (χ4n) is 2.71. The van der Waals surface area contributed by atoms with Crippen LogP contribution >= 0.6 is 0 Å². The average Bonchev–Trinajstić information content (AvgIpc) is 3.39. The molecule has 25 heavy (non-hydrogen) atoms. The highest BCUT2D eigenvalue weighted by molar-refractivity contribution is 5.70. The molecule has 0 bridgehead atoms. The van der Waals surface area contributed by atoms with Gasteiger partial charge in [-0.05, 0) is 50.8 Å².